The molecule has 0 heterocycles. The first-order chi connectivity index (χ1) is 10.5. The van der Waals surface area contributed by atoms with Gasteiger partial charge in [-0.15, -0.1) is 0 Å². The van der Waals surface area contributed by atoms with Gasteiger partial charge >= 0.3 is 5.97 Å². The van der Waals surface area contributed by atoms with E-state index < -0.39 is 22.9 Å². The van der Waals surface area contributed by atoms with Crippen LogP contribution in [0.5, 0.6) is 11.5 Å². The highest BCUT2D eigenvalue weighted by Crippen LogP contribution is 2.31. The summed E-state index contributed by atoms with van der Waals surface area (Å²) < 4.78 is 17.5. The van der Waals surface area contributed by atoms with Crippen LogP contribution in [0.25, 0.3) is 0 Å². The monoisotopic (exact) mass is 358 g/mol. The summed E-state index contributed by atoms with van der Waals surface area (Å²) in [5.74, 6) is -0.406. The number of hydrogen-bond donors (Lipinski definition) is 1. The quantitative estimate of drug-likeness (QED) is 0.788. The summed E-state index contributed by atoms with van der Waals surface area (Å²) in [6.07, 6.45) is 0. The summed E-state index contributed by atoms with van der Waals surface area (Å²) in [6, 6.07) is 11.9. The zero-order valence-corrected chi connectivity index (χ0v) is 13.6. The van der Waals surface area contributed by atoms with E-state index in [1.54, 1.807) is 42.5 Å². The molecule has 22 heavy (non-hydrogen) atoms. The number of halogens is 2. The van der Waals surface area contributed by atoms with Gasteiger partial charge in [0.2, 0.25) is 5.75 Å². The number of rotatable bonds is 6. The second-order valence-electron chi connectivity index (χ2n) is 4.41. The Morgan fingerprint density at radius 2 is 1.91 bits per heavy atom. The smallest absolute Gasteiger partial charge is 0.353 e. The third kappa shape index (κ3) is 4.81. The first-order valence-electron chi connectivity index (χ1n) is 6.23. The molecule has 0 aromatic heterocycles. The molecule has 0 saturated carbocycles. The van der Waals surface area contributed by atoms with E-state index in [9.17, 15) is 9.35 Å². The Morgan fingerprint density at radius 3 is 2.59 bits per heavy atom. The molecule has 0 aliphatic rings. The standard InChI is InChI=1S/C15H12Cl2O4S/c16-12-6-5-11(7-13(12)17)21-14-4-2-1-3-10(14)8-22(20)9-15(18)19/h1-7H,8-9H2,(H,18,19). The highest BCUT2D eigenvalue weighted by Gasteiger charge is 2.16. The van der Waals surface area contributed by atoms with E-state index in [1.165, 1.54) is 0 Å². The summed E-state index contributed by atoms with van der Waals surface area (Å²) in [6.45, 7) is 0. The maximum absolute atomic E-state index is 11.8. The predicted octanol–water partition coefficient (Wildman–Crippen LogP) is 4.12. The van der Waals surface area contributed by atoms with Crippen LogP contribution in [-0.4, -0.2) is 21.4 Å². The molecule has 1 atom stereocenters. The molecule has 0 aliphatic heterocycles. The maximum atomic E-state index is 11.8. The zero-order chi connectivity index (χ0) is 16.1. The highest BCUT2D eigenvalue weighted by atomic mass is 35.5. The lowest BCUT2D eigenvalue weighted by Crippen LogP contribution is -2.17. The Bertz CT molecular complexity index is 678. The molecule has 116 valence electrons. The SMILES string of the molecule is O=C(O)C[S+]([O-])Cc1ccccc1Oc1ccc(Cl)c(Cl)c1. The third-order valence-electron chi connectivity index (χ3n) is 2.69. The first-order valence-corrected chi connectivity index (χ1v) is 8.47. The van der Waals surface area contributed by atoms with Crippen molar-refractivity contribution in [3.05, 3.63) is 58.1 Å². The summed E-state index contributed by atoms with van der Waals surface area (Å²) in [7, 11) is 0. The summed E-state index contributed by atoms with van der Waals surface area (Å²) >= 11 is 10.3. The average molecular weight is 359 g/mol. The van der Waals surface area contributed by atoms with Crippen molar-refractivity contribution in [3.8, 4) is 11.5 Å². The molecule has 2 aromatic carbocycles. The van der Waals surface area contributed by atoms with Crippen LogP contribution in [0, 0.1) is 0 Å². The lowest BCUT2D eigenvalue weighted by Gasteiger charge is -2.13. The lowest BCUT2D eigenvalue weighted by atomic mass is 10.2. The van der Waals surface area contributed by atoms with Gasteiger partial charge < -0.3 is 14.4 Å². The number of hydrogen-bond acceptors (Lipinski definition) is 3. The molecular weight excluding hydrogens is 347 g/mol. The molecule has 7 heteroatoms. The number of para-hydroxylation sites is 1. The Kier molecular flexibility index (Phi) is 5.97. The molecule has 0 bridgehead atoms. The fourth-order valence-corrected chi connectivity index (χ4v) is 3.00. The molecule has 0 aliphatic carbocycles. The first kappa shape index (κ1) is 17.0. The molecule has 2 aromatic rings. The van der Waals surface area contributed by atoms with Crippen molar-refractivity contribution >= 4 is 40.3 Å². The van der Waals surface area contributed by atoms with Gasteiger partial charge in [-0.25, -0.2) is 4.79 Å². The van der Waals surface area contributed by atoms with Crippen molar-refractivity contribution in [2.75, 3.05) is 5.75 Å². The highest BCUT2D eigenvalue weighted by molar-refractivity contribution is 7.91. The van der Waals surface area contributed by atoms with Crippen LogP contribution in [0.15, 0.2) is 42.5 Å². The van der Waals surface area contributed by atoms with E-state index in [2.05, 4.69) is 0 Å². The van der Waals surface area contributed by atoms with Gasteiger partial charge in [0.25, 0.3) is 0 Å². The molecule has 2 rings (SSSR count). The van der Waals surface area contributed by atoms with Crippen molar-refractivity contribution in [2.45, 2.75) is 5.75 Å². The van der Waals surface area contributed by atoms with E-state index in [0.717, 1.165) is 0 Å². The minimum absolute atomic E-state index is 0.101. The van der Waals surface area contributed by atoms with Crippen LogP contribution < -0.4 is 4.74 Å². The van der Waals surface area contributed by atoms with Crippen molar-refractivity contribution in [1.82, 2.24) is 0 Å². The number of ether oxygens (including phenoxy) is 1. The summed E-state index contributed by atoms with van der Waals surface area (Å²) in [5.41, 5.74) is 0.660. The van der Waals surface area contributed by atoms with E-state index >= 15 is 0 Å². The third-order valence-corrected chi connectivity index (χ3v) is 4.63. The molecule has 0 radical (unpaired) electrons. The topological polar surface area (TPSA) is 69.6 Å². The van der Waals surface area contributed by atoms with Gasteiger partial charge in [0.15, 0.2) is 0 Å². The van der Waals surface area contributed by atoms with Gasteiger partial charge in [-0.3, -0.25) is 0 Å². The minimum atomic E-state index is -1.50. The van der Waals surface area contributed by atoms with Crippen LogP contribution in [0.2, 0.25) is 10.0 Å². The van der Waals surface area contributed by atoms with Gasteiger partial charge in [-0.2, -0.15) is 0 Å². The van der Waals surface area contributed by atoms with Crippen LogP contribution in [-0.2, 0) is 21.7 Å². The predicted molar refractivity (Wildman–Crippen MR) is 87.3 cm³/mol. The largest absolute Gasteiger partial charge is 0.616 e. The number of carboxylic acid groups (broad SMARTS) is 1. The summed E-state index contributed by atoms with van der Waals surface area (Å²) in [5, 5.41) is 9.46. The van der Waals surface area contributed by atoms with E-state index in [1.807, 2.05) is 0 Å². The molecule has 1 N–H and O–H groups in total. The van der Waals surface area contributed by atoms with E-state index in [0.29, 0.717) is 27.1 Å². The van der Waals surface area contributed by atoms with Crippen LogP contribution >= 0.6 is 23.2 Å². The molecule has 0 spiro atoms. The van der Waals surface area contributed by atoms with Crippen LogP contribution in [0.3, 0.4) is 0 Å². The number of carboxylic acids is 1. The van der Waals surface area contributed by atoms with Gasteiger partial charge in [0.1, 0.15) is 17.3 Å². The minimum Gasteiger partial charge on any atom is -0.616 e. The molecule has 0 amide bonds. The number of aliphatic carboxylic acids is 1. The summed E-state index contributed by atoms with van der Waals surface area (Å²) in [4.78, 5) is 10.6. The second kappa shape index (κ2) is 7.74. The molecular formula is C15H12Cl2O4S. The molecule has 0 saturated heterocycles. The van der Waals surface area contributed by atoms with Crippen molar-refractivity contribution in [3.63, 3.8) is 0 Å². The number of benzene rings is 2. The maximum Gasteiger partial charge on any atom is 0.353 e. The number of carbonyl (C=O) groups is 1. The van der Waals surface area contributed by atoms with Gasteiger partial charge in [-0.05, 0) is 29.4 Å². The van der Waals surface area contributed by atoms with Crippen molar-refractivity contribution in [2.24, 2.45) is 0 Å². The lowest BCUT2D eigenvalue weighted by molar-refractivity contribution is -0.134. The van der Waals surface area contributed by atoms with E-state index in [-0.39, 0.29) is 5.75 Å². The van der Waals surface area contributed by atoms with Gasteiger partial charge in [0.05, 0.1) is 10.0 Å². The van der Waals surface area contributed by atoms with Crippen molar-refractivity contribution in [1.29, 1.82) is 0 Å². The Balaban J connectivity index is 2.17. The zero-order valence-electron chi connectivity index (χ0n) is 11.3. The normalized spacial score (nSPS) is 12.0. The van der Waals surface area contributed by atoms with Gasteiger partial charge in [-0.1, -0.05) is 41.4 Å². The Labute approximate surface area is 140 Å². The second-order valence-corrected chi connectivity index (χ2v) is 6.68. The van der Waals surface area contributed by atoms with Crippen LogP contribution in [0.1, 0.15) is 5.56 Å². The fourth-order valence-electron chi connectivity index (χ4n) is 1.75. The molecule has 0 fully saturated rings. The fraction of sp³-hybridized carbons (Fsp3) is 0.133. The van der Waals surface area contributed by atoms with Gasteiger partial charge in [0, 0.05) is 11.6 Å². The Morgan fingerprint density at radius 1 is 1.18 bits per heavy atom. The average Bonchev–Trinajstić information content (AvgIpc) is 2.44. The van der Waals surface area contributed by atoms with Crippen LogP contribution in [0.4, 0.5) is 0 Å². The molecule has 1 unspecified atom stereocenters. The Hall–Kier alpha value is -1.40. The molecule has 4 nitrogen and oxygen atoms in total. The van der Waals surface area contributed by atoms with E-state index in [4.69, 9.17) is 33.0 Å². The van der Waals surface area contributed by atoms with Crippen molar-refractivity contribution < 1.29 is 19.2 Å².